The van der Waals surface area contributed by atoms with E-state index in [1.807, 2.05) is 63.9 Å². The van der Waals surface area contributed by atoms with Crippen LogP contribution in [0.3, 0.4) is 0 Å². The minimum absolute atomic E-state index is 0.0316. The zero-order chi connectivity index (χ0) is 35.8. The topological polar surface area (TPSA) is 161 Å². The fourth-order valence-corrected chi connectivity index (χ4v) is 6.09. The van der Waals surface area contributed by atoms with Crippen LogP contribution < -0.4 is 26.4 Å². The van der Waals surface area contributed by atoms with E-state index in [9.17, 15) is 14.3 Å². The van der Waals surface area contributed by atoms with E-state index in [4.69, 9.17) is 25.7 Å². The zero-order valence-corrected chi connectivity index (χ0v) is 29.2. The number of nitrogens with zero attached hydrogens (tertiary/aromatic N) is 4. The van der Waals surface area contributed by atoms with Crippen molar-refractivity contribution < 1.29 is 28.5 Å². The van der Waals surface area contributed by atoms with Gasteiger partial charge in [0, 0.05) is 43.5 Å². The number of benzene rings is 2. The second-order valence-corrected chi connectivity index (χ2v) is 12.6. The number of hydrogen-bond donors (Lipinski definition) is 4. The first-order chi connectivity index (χ1) is 23.3. The maximum atomic E-state index is 14.4. The number of carbonyl (C=O) groups is 1. The summed E-state index contributed by atoms with van der Waals surface area (Å²) in [6, 6.07) is 11.2. The van der Waals surface area contributed by atoms with Crippen LogP contribution in [-0.2, 0) is 16.0 Å². The molecule has 0 saturated heterocycles. The quantitative estimate of drug-likeness (QED) is 0.140. The molecule has 0 unspecified atom stereocenters. The average Bonchev–Trinajstić information content (AvgIpc) is 3.46. The third-order valence-corrected chi connectivity index (χ3v) is 8.58. The summed E-state index contributed by atoms with van der Waals surface area (Å²) >= 11 is 0. The Balaban J connectivity index is 1.45. The van der Waals surface area contributed by atoms with Crippen molar-refractivity contribution in [1.82, 2.24) is 20.2 Å². The monoisotopic (exact) mass is 677 g/mol. The van der Waals surface area contributed by atoms with Crippen molar-refractivity contribution in [3.05, 3.63) is 95.2 Å². The number of likely N-dealkylation sites (N-methyl/N-ethyl adjacent to an activating group) is 1. The SMILES string of the molecule is CO/C(N)=C(/C=C(\N)c1ccc(CN[C@H]2C[C@@H](O)[C@@H](N(C)c3ncncc3Oc3ccc(F)cc3C(=O)N(C(C)C)C(C)C)C2)cc1)OC. The van der Waals surface area contributed by atoms with Crippen molar-refractivity contribution >= 4 is 17.4 Å². The molecule has 1 aliphatic carbocycles. The Hall–Kier alpha value is -4.88. The Kier molecular flexibility index (Phi) is 12.4. The predicted molar refractivity (Wildman–Crippen MR) is 187 cm³/mol. The summed E-state index contributed by atoms with van der Waals surface area (Å²) < 4.78 is 30.9. The van der Waals surface area contributed by atoms with Gasteiger partial charge in [-0.3, -0.25) is 4.79 Å². The Morgan fingerprint density at radius 2 is 1.76 bits per heavy atom. The van der Waals surface area contributed by atoms with E-state index in [1.54, 1.807) is 11.0 Å². The fraction of sp³-hybridized carbons (Fsp3) is 0.417. The smallest absolute Gasteiger partial charge is 0.258 e. The number of anilines is 1. The van der Waals surface area contributed by atoms with Gasteiger partial charge in [0.05, 0.1) is 38.1 Å². The molecular weight excluding hydrogens is 629 g/mol. The molecule has 1 aliphatic rings. The molecule has 3 atom stereocenters. The van der Waals surface area contributed by atoms with Crippen molar-refractivity contribution in [3.8, 4) is 11.5 Å². The van der Waals surface area contributed by atoms with E-state index in [0.29, 0.717) is 36.7 Å². The maximum absolute atomic E-state index is 14.4. The summed E-state index contributed by atoms with van der Waals surface area (Å²) in [7, 11) is 4.78. The van der Waals surface area contributed by atoms with Crippen molar-refractivity contribution in [1.29, 1.82) is 0 Å². The summed E-state index contributed by atoms with van der Waals surface area (Å²) in [5, 5.41) is 14.7. The normalized spacial score (nSPS) is 18.3. The molecule has 1 saturated carbocycles. The number of nitrogens with two attached hydrogens (primary N) is 2. The maximum Gasteiger partial charge on any atom is 0.258 e. The van der Waals surface area contributed by atoms with Gasteiger partial charge in [0.2, 0.25) is 5.88 Å². The standard InChI is InChI=1S/C36H48FN7O5/c1-21(2)44(22(3)4)36(46)27-14-25(37)12-13-31(27)49-33-19-40-20-42-35(33)43(5)29-15-26(16-30(29)45)41-18-23-8-10-24(11-9-23)28(38)17-32(47-6)34(39)48-7/h8-14,17,19-22,26,29-30,41,45H,15-16,18,38-39H2,1-7H3/b28-17-,34-32-/t26-,29+,30-/m1/s1. The molecule has 0 bridgehead atoms. The lowest BCUT2D eigenvalue weighted by atomic mass is 10.1. The lowest BCUT2D eigenvalue weighted by Gasteiger charge is -2.31. The van der Waals surface area contributed by atoms with Crippen LogP contribution in [0.1, 0.15) is 62.0 Å². The van der Waals surface area contributed by atoms with Crippen LogP contribution in [0, 0.1) is 5.82 Å². The van der Waals surface area contributed by atoms with Crippen molar-refractivity contribution in [3.63, 3.8) is 0 Å². The van der Waals surface area contributed by atoms with E-state index in [0.717, 1.165) is 11.1 Å². The molecule has 3 aromatic rings. The lowest BCUT2D eigenvalue weighted by molar-refractivity contribution is 0.0640. The number of nitrogens with one attached hydrogen (secondary N) is 1. The number of aliphatic hydroxyl groups is 1. The highest BCUT2D eigenvalue weighted by Crippen LogP contribution is 2.36. The highest BCUT2D eigenvalue weighted by Gasteiger charge is 2.37. The van der Waals surface area contributed by atoms with Gasteiger partial charge in [-0.25, -0.2) is 14.4 Å². The number of rotatable bonds is 14. The summed E-state index contributed by atoms with van der Waals surface area (Å²) in [4.78, 5) is 25.7. The minimum Gasteiger partial charge on any atom is -0.491 e. The molecule has 1 amide bonds. The van der Waals surface area contributed by atoms with Gasteiger partial charge in [-0.15, -0.1) is 0 Å². The molecular formula is C36H48FN7O5. The molecule has 0 radical (unpaired) electrons. The van der Waals surface area contributed by atoms with E-state index in [2.05, 4.69) is 15.3 Å². The van der Waals surface area contributed by atoms with Crippen molar-refractivity contribution in [2.45, 2.75) is 77.4 Å². The summed E-state index contributed by atoms with van der Waals surface area (Å²) in [6.07, 6.45) is 5.04. The zero-order valence-electron chi connectivity index (χ0n) is 29.2. The lowest BCUT2D eigenvalue weighted by Crippen LogP contribution is -2.42. The third-order valence-electron chi connectivity index (χ3n) is 8.58. The minimum atomic E-state index is -0.645. The summed E-state index contributed by atoms with van der Waals surface area (Å²) in [5.74, 6) is 0.480. The average molecular weight is 678 g/mol. The first-order valence-electron chi connectivity index (χ1n) is 16.2. The number of hydrogen-bond acceptors (Lipinski definition) is 11. The van der Waals surface area contributed by atoms with Crippen LogP contribution in [0.25, 0.3) is 5.70 Å². The molecule has 2 aromatic carbocycles. The van der Waals surface area contributed by atoms with Crippen molar-refractivity contribution in [2.75, 3.05) is 26.2 Å². The van der Waals surface area contributed by atoms with Gasteiger partial charge in [0.25, 0.3) is 5.91 Å². The molecule has 13 heteroatoms. The van der Waals surface area contributed by atoms with Gasteiger partial charge in [0.15, 0.2) is 17.3 Å². The van der Waals surface area contributed by atoms with Crippen molar-refractivity contribution in [2.24, 2.45) is 11.5 Å². The third kappa shape index (κ3) is 8.98. The second-order valence-electron chi connectivity index (χ2n) is 12.6. The highest BCUT2D eigenvalue weighted by molar-refractivity contribution is 5.97. The van der Waals surface area contributed by atoms with Gasteiger partial charge in [-0.05, 0) is 69.9 Å². The van der Waals surface area contributed by atoms with Gasteiger partial charge < -0.3 is 45.9 Å². The Morgan fingerprint density at radius 1 is 1.06 bits per heavy atom. The molecule has 264 valence electrons. The fourth-order valence-electron chi connectivity index (χ4n) is 6.09. The number of aliphatic hydroxyl groups excluding tert-OH is 1. The molecule has 6 N–H and O–H groups in total. The van der Waals surface area contributed by atoms with E-state index >= 15 is 0 Å². The second kappa shape index (κ2) is 16.5. The van der Waals surface area contributed by atoms with Gasteiger partial charge in [-0.1, -0.05) is 24.3 Å². The number of carbonyl (C=O) groups excluding carboxylic acids is 1. The number of allylic oxidation sites excluding steroid dienone is 1. The number of methoxy groups -OCH3 is 2. The van der Waals surface area contributed by atoms with E-state index in [-0.39, 0.29) is 53.0 Å². The van der Waals surface area contributed by atoms with Crippen LogP contribution in [-0.4, -0.2) is 77.4 Å². The molecule has 12 nitrogen and oxygen atoms in total. The highest BCUT2D eigenvalue weighted by atomic mass is 19.1. The van der Waals surface area contributed by atoms with Crippen LogP contribution in [0.15, 0.2) is 72.7 Å². The first kappa shape index (κ1) is 36.9. The molecule has 4 rings (SSSR count). The van der Waals surface area contributed by atoms with Crippen LogP contribution in [0.2, 0.25) is 0 Å². The van der Waals surface area contributed by atoms with Gasteiger partial charge >= 0.3 is 0 Å². The number of halogens is 1. The van der Waals surface area contributed by atoms with Crippen LogP contribution >= 0.6 is 0 Å². The number of amides is 1. The molecule has 0 aliphatic heterocycles. The number of ether oxygens (including phenoxy) is 3. The first-order valence-corrected chi connectivity index (χ1v) is 16.2. The number of aromatic nitrogens is 2. The Bertz CT molecular complexity index is 1640. The van der Waals surface area contributed by atoms with Gasteiger partial charge in [0.1, 0.15) is 17.9 Å². The van der Waals surface area contributed by atoms with E-state index < -0.39 is 11.9 Å². The molecule has 49 heavy (non-hydrogen) atoms. The largest absolute Gasteiger partial charge is 0.491 e. The van der Waals surface area contributed by atoms with Crippen LogP contribution in [0.4, 0.5) is 10.2 Å². The molecule has 1 aromatic heterocycles. The predicted octanol–water partition coefficient (Wildman–Crippen LogP) is 4.51. The molecule has 0 spiro atoms. The summed E-state index contributed by atoms with van der Waals surface area (Å²) in [6.45, 7) is 8.23. The summed E-state index contributed by atoms with van der Waals surface area (Å²) in [5.41, 5.74) is 14.5. The van der Waals surface area contributed by atoms with Crippen LogP contribution in [0.5, 0.6) is 11.5 Å². The Morgan fingerprint density at radius 3 is 2.39 bits per heavy atom. The van der Waals surface area contributed by atoms with Gasteiger partial charge in [-0.2, -0.15) is 0 Å². The molecule has 1 heterocycles. The molecule has 1 fully saturated rings. The van der Waals surface area contributed by atoms with E-state index in [1.165, 1.54) is 44.9 Å². The Labute approximate surface area is 287 Å².